The van der Waals surface area contributed by atoms with E-state index in [0.29, 0.717) is 0 Å². The van der Waals surface area contributed by atoms with E-state index in [9.17, 15) is 0 Å². The number of rotatable bonds is 6. The van der Waals surface area contributed by atoms with Crippen LogP contribution in [0.5, 0.6) is 0 Å². The minimum Gasteiger partial charge on any atom is -0.335 e. The maximum absolute atomic E-state index is 4.13. The van der Waals surface area contributed by atoms with Crippen LogP contribution in [0.1, 0.15) is 51.2 Å². The van der Waals surface area contributed by atoms with E-state index in [0.717, 1.165) is 24.7 Å². The lowest BCUT2D eigenvalue weighted by atomic mass is 10.3. The molecule has 20 heavy (non-hydrogen) atoms. The molecule has 0 N–H and O–H groups in total. The Labute approximate surface area is 122 Å². The fourth-order valence-corrected chi connectivity index (χ4v) is 1.94. The van der Waals surface area contributed by atoms with Gasteiger partial charge in [0.2, 0.25) is 0 Å². The number of imidazole rings is 2. The summed E-state index contributed by atoms with van der Waals surface area (Å²) in [6.07, 6.45) is 12.8. The highest BCUT2D eigenvalue weighted by atomic mass is 15.1. The number of nitrogens with zero attached hydrogens (tertiary/aromatic N) is 4. The lowest BCUT2D eigenvalue weighted by molar-refractivity contribution is 0.616. The summed E-state index contributed by atoms with van der Waals surface area (Å²) < 4.78 is 4.37. The molecule has 0 radical (unpaired) electrons. The Morgan fingerprint density at radius 3 is 1.45 bits per heavy atom. The normalized spacial score (nSPS) is 10.2. The summed E-state index contributed by atoms with van der Waals surface area (Å²) in [5.74, 6) is 2.24. The van der Waals surface area contributed by atoms with Crippen LogP contribution in [-0.4, -0.2) is 19.1 Å². The summed E-state index contributed by atoms with van der Waals surface area (Å²) in [4.78, 5) is 8.26. The van der Waals surface area contributed by atoms with Crippen LogP contribution in [0, 0.1) is 13.8 Å². The van der Waals surface area contributed by atoms with Crippen LogP contribution in [0.2, 0.25) is 0 Å². The summed E-state index contributed by atoms with van der Waals surface area (Å²) in [5.41, 5.74) is 0. The summed E-state index contributed by atoms with van der Waals surface area (Å²) >= 11 is 0. The van der Waals surface area contributed by atoms with Gasteiger partial charge in [0.1, 0.15) is 11.6 Å². The van der Waals surface area contributed by atoms with E-state index in [-0.39, 0.29) is 0 Å². The van der Waals surface area contributed by atoms with E-state index in [2.05, 4.69) is 32.9 Å². The van der Waals surface area contributed by atoms with Crippen LogP contribution in [0.25, 0.3) is 0 Å². The molecule has 0 bridgehead atoms. The van der Waals surface area contributed by atoms with Crippen molar-refractivity contribution in [2.75, 3.05) is 0 Å². The van der Waals surface area contributed by atoms with Gasteiger partial charge in [0.25, 0.3) is 0 Å². The molecule has 4 heteroatoms. The Kier molecular flexibility index (Phi) is 7.70. The van der Waals surface area contributed by atoms with Gasteiger partial charge in [-0.25, -0.2) is 9.97 Å². The van der Waals surface area contributed by atoms with Gasteiger partial charge in [-0.15, -0.1) is 0 Å². The van der Waals surface area contributed by atoms with Gasteiger partial charge in [0.05, 0.1) is 0 Å². The van der Waals surface area contributed by atoms with Crippen molar-refractivity contribution in [3.8, 4) is 0 Å². The summed E-state index contributed by atoms with van der Waals surface area (Å²) in [6, 6.07) is 0. The minimum absolute atomic E-state index is 1.11. The zero-order valence-electron chi connectivity index (χ0n) is 13.3. The molecule has 0 saturated carbocycles. The molecule has 0 aliphatic heterocycles. The van der Waals surface area contributed by atoms with Crippen LogP contribution >= 0.6 is 0 Å². The first-order valence-corrected chi connectivity index (χ1v) is 7.64. The lowest BCUT2D eigenvalue weighted by Gasteiger charge is -2.01. The molecule has 2 aromatic rings. The van der Waals surface area contributed by atoms with E-state index in [4.69, 9.17) is 0 Å². The molecule has 112 valence electrons. The fourth-order valence-electron chi connectivity index (χ4n) is 1.94. The number of aryl methyl sites for hydroxylation is 4. The molecule has 0 spiro atoms. The fraction of sp³-hybridized carbons (Fsp3) is 0.625. The average Bonchev–Trinajstić information content (AvgIpc) is 3.04. The van der Waals surface area contributed by atoms with Crippen molar-refractivity contribution < 1.29 is 0 Å². The van der Waals surface area contributed by atoms with Gasteiger partial charge < -0.3 is 9.13 Å². The van der Waals surface area contributed by atoms with Gasteiger partial charge in [0.15, 0.2) is 0 Å². The molecule has 4 nitrogen and oxygen atoms in total. The second-order valence-corrected chi connectivity index (χ2v) is 5.04. The third kappa shape index (κ3) is 5.59. The molecule has 0 atom stereocenters. The molecule has 2 rings (SSSR count). The van der Waals surface area contributed by atoms with Crippen molar-refractivity contribution >= 4 is 0 Å². The summed E-state index contributed by atoms with van der Waals surface area (Å²) in [7, 11) is 0. The highest BCUT2D eigenvalue weighted by molar-refractivity contribution is 4.88. The Balaban J connectivity index is 0.000000200. The van der Waals surface area contributed by atoms with Crippen molar-refractivity contribution in [2.24, 2.45) is 0 Å². The van der Waals surface area contributed by atoms with Crippen LogP contribution in [0.4, 0.5) is 0 Å². The maximum Gasteiger partial charge on any atom is 0.105 e. The Bertz CT molecular complexity index is 426. The van der Waals surface area contributed by atoms with Crippen molar-refractivity contribution in [2.45, 2.75) is 66.5 Å². The standard InChI is InChI=1S/2C8H14N2/c2*1-3-4-6-10-7-5-9-8(10)2/h2*5,7H,3-4,6H2,1-2H3. The van der Waals surface area contributed by atoms with Gasteiger partial charge in [-0.2, -0.15) is 0 Å². The number of aromatic nitrogens is 4. The number of hydrogen-bond donors (Lipinski definition) is 0. The first kappa shape index (κ1) is 16.5. The maximum atomic E-state index is 4.13. The van der Waals surface area contributed by atoms with Crippen molar-refractivity contribution in [3.05, 3.63) is 36.4 Å². The molecule has 2 heterocycles. The molecular weight excluding hydrogens is 248 g/mol. The molecule has 0 aromatic carbocycles. The minimum atomic E-state index is 1.11. The largest absolute Gasteiger partial charge is 0.335 e. The quantitative estimate of drug-likeness (QED) is 0.800. The summed E-state index contributed by atoms with van der Waals surface area (Å²) in [5, 5.41) is 0. The van der Waals surface area contributed by atoms with E-state index in [1.165, 1.54) is 25.7 Å². The number of unbranched alkanes of at least 4 members (excludes halogenated alkanes) is 2. The molecule has 0 aliphatic rings. The average molecular weight is 276 g/mol. The monoisotopic (exact) mass is 276 g/mol. The van der Waals surface area contributed by atoms with Crippen LogP contribution < -0.4 is 0 Å². The predicted octanol–water partition coefficient (Wildman–Crippen LogP) is 3.98. The van der Waals surface area contributed by atoms with Crippen LogP contribution in [0.3, 0.4) is 0 Å². The van der Waals surface area contributed by atoms with E-state index in [1.54, 1.807) is 0 Å². The molecule has 0 fully saturated rings. The molecule has 0 unspecified atom stereocenters. The van der Waals surface area contributed by atoms with Gasteiger partial charge >= 0.3 is 0 Å². The smallest absolute Gasteiger partial charge is 0.105 e. The topological polar surface area (TPSA) is 35.6 Å². The van der Waals surface area contributed by atoms with Gasteiger partial charge in [-0.3, -0.25) is 0 Å². The second kappa shape index (κ2) is 9.34. The van der Waals surface area contributed by atoms with E-state index < -0.39 is 0 Å². The molecule has 0 saturated heterocycles. The van der Waals surface area contributed by atoms with Gasteiger partial charge in [0, 0.05) is 37.9 Å². The molecule has 0 amide bonds. The number of hydrogen-bond acceptors (Lipinski definition) is 2. The Morgan fingerprint density at radius 1 is 0.800 bits per heavy atom. The SMILES string of the molecule is CCCCn1ccnc1C.CCCCn1ccnc1C. The van der Waals surface area contributed by atoms with Crippen LogP contribution in [0.15, 0.2) is 24.8 Å². The van der Waals surface area contributed by atoms with Crippen LogP contribution in [-0.2, 0) is 13.1 Å². The molecule has 2 aromatic heterocycles. The van der Waals surface area contributed by atoms with Crippen molar-refractivity contribution in [1.82, 2.24) is 19.1 Å². The van der Waals surface area contributed by atoms with Crippen molar-refractivity contribution in [1.29, 1.82) is 0 Å². The van der Waals surface area contributed by atoms with Gasteiger partial charge in [-0.1, -0.05) is 26.7 Å². The van der Waals surface area contributed by atoms with E-state index in [1.807, 2.05) is 38.6 Å². The molecule has 0 aliphatic carbocycles. The van der Waals surface area contributed by atoms with Crippen molar-refractivity contribution in [3.63, 3.8) is 0 Å². The predicted molar refractivity (Wildman–Crippen MR) is 83.7 cm³/mol. The lowest BCUT2D eigenvalue weighted by Crippen LogP contribution is -1.97. The zero-order valence-corrected chi connectivity index (χ0v) is 13.3. The Hall–Kier alpha value is -1.58. The summed E-state index contributed by atoms with van der Waals surface area (Å²) in [6.45, 7) is 10.7. The Morgan fingerprint density at radius 2 is 1.20 bits per heavy atom. The zero-order chi connectivity index (χ0) is 14.8. The first-order valence-electron chi connectivity index (χ1n) is 7.64. The third-order valence-electron chi connectivity index (χ3n) is 3.35. The highest BCUT2D eigenvalue weighted by Gasteiger charge is 1.93. The third-order valence-corrected chi connectivity index (χ3v) is 3.35. The van der Waals surface area contributed by atoms with Gasteiger partial charge in [-0.05, 0) is 26.7 Å². The first-order chi connectivity index (χ1) is 9.69. The second-order valence-electron chi connectivity index (χ2n) is 5.04. The molecular formula is C16H28N4. The highest BCUT2D eigenvalue weighted by Crippen LogP contribution is 1.99. The van der Waals surface area contributed by atoms with E-state index >= 15 is 0 Å².